The van der Waals surface area contributed by atoms with Crippen LogP contribution in [-0.4, -0.2) is 46.5 Å². The minimum absolute atomic E-state index is 0.249. The zero-order valence-electron chi connectivity index (χ0n) is 14.1. The molecule has 0 saturated carbocycles. The molecule has 1 atom stereocenters. The molecule has 1 aliphatic rings. The molecular formula is C17H19NO5S2. The molecule has 1 amide bonds. The Balaban J connectivity index is 2.39. The van der Waals surface area contributed by atoms with Crippen molar-refractivity contribution in [2.45, 2.75) is 25.8 Å². The maximum absolute atomic E-state index is 12.7. The summed E-state index contributed by atoms with van der Waals surface area (Å²) in [6, 6.07) is 4.37. The first-order valence-corrected chi connectivity index (χ1v) is 8.87. The lowest BCUT2D eigenvalue weighted by Gasteiger charge is -2.22. The van der Waals surface area contributed by atoms with Gasteiger partial charge < -0.3 is 14.6 Å². The summed E-state index contributed by atoms with van der Waals surface area (Å²) in [7, 11) is 3.05. The van der Waals surface area contributed by atoms with Crippen LogP contribution in [0.25, 0.3) is 6.08 Å². The van der Waals surface area contributed by atoms with E-state index in [0.717, 1.165) is 11.8 Å². The molecule has 1 heterocycles. The molecule has 0 radical (unpaired) electrons. The number of carbonyl (C=O) groups is 2. The molecule has 25 heavy (non-hydrogen) atoms. The zero-order chi connectivity index (χ0) is 18.6. The van der Waals surface area contributed by atoms with E-state index < -0.39 is 17.9 Å². The molecule has 0 bridgehead atoms. The second-order valence-corrected chi connectivity index (χ2v) is 6.95. The van der Waals surface area contributed by atoms with Crippen molar-refractivity contribution in [3.63, 3.8) is 0 Å². The number of aliphatic carboxylic acids is 1. The van der Waals surface area contributed by atoms with Gasteiger partial charge in [0.05, 0.1) is 19.1 Å². The summed E-state index contributed by atoms with van der Waals surface area (Å²) < 4.78 is 10.9. The van der Waals surface area contributed by atoms with E-state index in [9.17, 15) is 14.7 Å². The van der Waals surface area contributed by atoms with Crippen LogP contribution in [0, 0.1) is 0 Å². The summed E-state index contributed by atoms with van der Waals surface area (Å²) in [5.41, 5.74) is 0.657. The molecule has 1 aromatic rings. The van der Waals surface area contributed by atoms with Gasteiger partial charge in [0, 0.05) is 5.56 Å². The molecule has 0 aliphatic carbocycles. The van der Waals surface area contributed by atoms with Crippen LogP contribution >= 0.6 is 24.0 Å². The fraction of sp³-hybridized carbons (Fsp3) is 0.353. The van der Waals surface area contributed by atoms with Crippen molar-refractivity contribution < 1.29 is 24.2 Å². The van der Waals surface area contributed by atoms with Gasteiger partial charge in [-0.1, -0.05) is 49.5 Å². The van der Waals surface area contributed by atoms with E-state index in [2.05, 4.69) is 0 Å². The zero-order valence-corrected chi connectivity index (χ0v) is 15.8. The number of hydrogen-bond donors (Lipinski definition) is 1. The first kappa shape index (κ1) is 19.3. The Bertz CT molecular complexity index is 732. The number of amides is 1. The smallest absolute Gasteiger partial charge is 0.326 e. The molecule has 1 aliphatic heterocycles. The van der Waals surface area contributed by atoms with Crippen molar-refractivity contribution >= 4 is 46.3 Å². The number of carboxylic acid groups (broad SMARTS) is 1. The van der Waals surface area contributed by atoms with Crippen LogP contribution in [0.15, 0.2) is 23.1 Å². The van der Waals surface area contributed by atoms with E-state index in [4.69, 9.17) is 21.7 Å². The predicted molar refractivity (Wildman–Crippen MR) is 101 cm³/mol. The van der Waals surface area contributed by atoms with E-state index in [-0.39, 0.29) is 4.32 Å². The lowest BCUT2D eigenvalue weighted by Crippen LogP contribution is -2.43. The summed E-state index contributed by atoms with van der Waals surface area (Å²) in [5, 5.41) is 9.41. The Labute approximate surface area is 155 Å². The van der Waals surface area contributed by atoms with Gasteiger partial charge in [-0.3, -0.25) is 9.69 Å². The molecule has 8 heteroatoms. The Morgan fingerprint density at radius 1 is 1.40 bits per heavy atom. The fourth-order valence-electron chi connectivity index (χ4n) is 2.55. The fourth-order valence-corrected chi connectivity index (χ4v) is 3.90. The summed E-state index contributed by atoms with van der Waals surface area (Å²) in [4.78, 5) is 25.8. The Morgan fingerprint density at radius 2 is 2.12 bits per heavy atom. The highest BCUT2D eigenvalue weighted by molar-refractivity contribution is 8.26. The second-order valence-electron chi connectivity index (χ2n) is 5.28. The number of methoxy groups -OCH3 is 2. The topological polar surface area (TPSA) is 76.1 Å². The average molecular weight is 381 g/mol. The highest BCUT2D eigenvalue weighted by atomic mass is 32.2. The first-order valence-electron chi connectivity index (χ1n) is 7.65. The normalized spacial score (nSPS) is 17.1. The summed E-state index contributed by atoms with van der Waals surface area (Å²) in [6.07, 6.45) is 2.62. The maximum atomic E-state index is 12.7. The molecule has 1 fully saturated rings. The number of benzene rings is 1. The van der Waals surface area contributed by atoms with Crippen molar-refractivity contribution in [2.24, 2.45) is 0 Å². The van der Waals surface area contributed by atoms with Gasteiger partial charge in [-0.15, -0.1) is 0 Å². The second kappa shape index (κ2) is 8.35. The lowest BCUT2D eigenvalue weighted by molar-refractivity contribution is -0.145. The van der Waals surface area contributed by atoms with Gasteiger partial charge >= 0.3 is 5.97 Å². The number of hydrogen-bond acceptors (Lipinski definition) is 6. The molecule has 1 N–H and O–H groups in total. The minimum Gasteiger partial charge on any atom is -0.493 e. The van der Waals surface area contributed by atoms with Crippen LogP contribution in [0.4, 0.5) is 0 Å². The summed E-state index contributed by atoms with van der Waals surface area (Å²) >= 11 is 6.33. The van der Waals surface area contributed by atoms with Gasteiger partial charge in [-0.2, -0.15) is 0 Å². The third kappa shape index (κ3) is 3.96. The standard InChI is InChI=1S/C17H19NO5S2/c1-4-6-11(16(20)21)18-15(19)13(25-17(18)24)9-10-7-5-8-12(22-2)14(10)23-3/h5,7-9,11H,4,6H2,1-3H3,(H,20,21)/b13-9-/t11-/m1/s1. The summed E-state index contributed by atoms with van der Waals surface area (Å²) in [5.74, 6) is -0.418. The number of para-hydroxylation sites is 1. The van der Waals surface area contributed by atoms with Gasteiger partial charge in [-0.05, 0) is 18.6 Å². The van der Waals surface area contributed by atoms with Gasteiger partial charge in [0.15, 0.2) is 11.5 Å². The Morgan fingerprint density at radius 3 is 2.68 bits per heavy atom. The molecule has 6 nitrogen and oxygen atoms in total. The number of rotatable bonds is 7. The molecular weight excluding hydrogens is 362 g/mol. The van der Waals surface area contributed by atoms with Crippen molar-refractivity contribution in [2.75, 3.05) is 14.2 Å². The number of carboxylic acids is 1. The SMILES string of the molecule is CCC[C@H](C(=O)O)N1C(=O)/C(=C/c2cccc(OC)c2OC)SC1=S. The van der Waals surface area contributed by atoms with Gasteiger partial charge in [0.1, 0.15) is 10.4 Å². The predicted octanol–water partition coefficient (Wildman–Crippen LogP) is 3.16. The summed E-state index contributed by atoms with van der Waals surface area (Å²) in [6.45, 7) is 1.87. The van der Waals surface area contributed by atoms with E-state index >= 15 is 0 Å². The number of nitrogens with zero attached hydrogens (tertiary/aromatic N) is 1. The van der Waals surface area contributed by atoms with Crippen molar-refractivity contribution in [1.82, 2.24) is 4.90 Å². The number of carbonyl (C=O) groups excluding carboxylic acids is 1. The third-order valence-electron chi connectivity index (χ3n) is 3.70. The van der Waals surface area contributed by atoms with Crippen molar-refractivity contribution in [3.05, 3.63) is 28.7 Å². The quantitative estimate of drug-likeness (QED) is 0.574. The van der Waals surface area contributed by atoms with Crippen LogP contribution in [0.2, 0.25) is 0 Å². The highest BCUT2D eigenvalue weighted by Crippen LogP contribution is 2.38. The maximum Gasteiger partial charge on any atom is 0.326 e. The molecule has 0 unspecified atom stereocenters. The third-order valence-corrected chi connectivity index (χ3v) is 5.03. The van der Waals surface area contributed by atoms with Gasteiger partial charge in [-0.25, -0.2) is 4.79 Å². The van der Waals surface area contributed by atoms with E-state index in [1.54, 1.807) is 24.3 Å². The molecule has 2 rings (SSSR count). The van der Waals surface area contributed by atoms with Gasteiger partial charge in [0.2, 0.25) is 0 Å². The Kier molecular flexibility index (Phi) is 6.44. The Hall–Kier alpha value is -2.06. The molecule has 0 aromatic heterocycles. The first-order chi connectivity index (χ1) is 11.9. The van der Waals surface area contributed by atoms with Crippen LogP contribution in [-0.2, 0) is 9.59 Å². The highest BCUT2D eigenvalue weighted by Gasteiger charge is 2.40. The van der Waals surface area contributed by atoms with Crippen LogP contribution in [0.1, 0.15) is 25.3 Å². The van der Waals surface area contributed by atoms with Gasteiger partial charge in [0.25, 0.3) is 5.91 Å². The van der Waals surface area contributed by atoms with Crippen LogP contribution < -0.4 is 9.47 Å². The molecule has 1 aromatic carbocycles. The molecule has 0 spiro atoms. The van der Waals surface area contributed by atoms with E-state index in [1.807, 2.05) is 6.92 Å². The monoisotopic (exact) mass is 381 g/mol. The van der Waals surface area contributed by atoms with Crippen LogP contribution in [0.3, 0.4) is 0 Å². The van der Waals surface area contributed by atoms with Crippen molar-refractivity contribution in [1.29, 1.82) is 0 Å². The lowest BCUT2D eigenvalue weighted by atomic mass is 10.1. The molecule has 134 valence electrons. The average Bonchev–Trinajstić information content (AvgIpc) is 2.86. The van der Waals surface area contributed by atoms with Crippen LogP contribution in [0.5, 0.6) is 11.5 Å². The van der Waals surface area contributed by atoms with E-state index in [0.29, 0.717) is 34.8 Å². The van der Waals surface area contributed by atoms with E-state index in [1.165, 1.54) is 19.1 Å². The number of thiocarbonyl (C=S) groups is 1. The largest absolute Gasteiger partial charge is 0.493 e. The minimum atomic E-state index is -1.06. The number of thioether (sulfide) groups is 1. The van der Waals surface area contributed by atoms with Crippen molar-refractivity contribution in [3.8, 4) is 11.5 Å². The number of ether oxygens (including phenoxy) is 2. The molecule has 1 saturated heterocycles.